The number of nitrogens with zero attached hydrogens (tertiary/aromatic N) is 2. The molecule has 1 aliphatic rings. The summed E-state index contributed by atoms with van der Waals surface area (Å²) >= 11 is 0. The molecule has 1 amide bonds. The van der Waals surface area contributed by atoms with Crippen LogP contribution in [0.2, 0.25) is 0 Å². The summed E-state index contributed by atoms with van der Waals surface area (Å²) in [6, 6.07) is 4.74. The summed E-state index contributed by atoms with van der Waals surface area (Å²) in [5.41, 5.74) is -1.40. The van der Waals surface area contributed by atoms with Crippen molar-refractivity contribution in [1.82, 2.24) is 0 Å². The molecule has 1 aromatic carbocycles. The van der Waals surface area contributed by atoms with Gasteiger partial charge >= 0.3 is 6.18 Å². The van der Waals surface area contributed by atoms with Gasteiger partial charge in [0, 0.05) is 25.5 Å². The van der Waals surface area contributed by atoms with Crippen LogP contribution >= 0.6 is 0 Å². The lowest BCUT2D eigenvalue weighted by Gasteiger charge is -2.21. The molecule has 0 aliphatic carbocycles. The van der Waals surface area contributed by atoms with Gasteiger partial charge in [-0.15, -0.1) is 0 Å². The van der Waals surface area contributed by atoms with Gasteiger partial charge in [-0.2, -0.15) is 18.4 Å². The molecule has 0 bridgehead atoms. The van der Waals surface area contributed by atoms with Crippen LogP contribution in [0, 0.1) is 17.2 Å². The summed E-state index contributed by atoms with van der Waals surface area (Å²) in [6.45, 7) is -0.204. The number of halogens is 3. The largest absolute Gasteiger partial charge is 0.418 e. The summed E-state index contributed by atoms with van der Waals surface area (Å²) in [6.07, 6.45) is -4.63. The van der Waals surface area contributed by atoms with Crippen LogP contribution in [-0.4, -0.2) is 24.2 Å². The Kier molecular flexibility index (Phi) is 3.68. The van der Waals surface area contributed by atoms with E-state index in [0.29, 0.717) is 0 Å². The minimum Gasteiger partial charge on any atom is -0.396 e. The van der Waals surface area contributed by atoms with Gasteiger partial charge in [-0.05, 0) is 18.2 Å². The Hall–Kier alpha value is -2.07. The number of hydrogen-bond acceptors (Lipinski definition) is 3. The van der Waals surface area contributed by atoms with Crippen LogP contribution in [0.4, 0.5) is 18.9 Å². The third-order valence-electron chi connectivity index (χ3n) is 3.19. The first-order chi connectivity index (χ1) is 9.36. The molecular formula is C13H11F3N2O2. The van der Waals surface area contributed by atoms with Gasteiger partial charge in [-0.25, -0.2) is 0 Å². The highest BCUT2D eigenvalue weighted by Crippen LogP contribution is 2.39. The Morgan fingerprint density at radius 3 is 2.65 bits per heavy atom. The van der Waals surface area contributed by atoms with E-state index in [-0.39, 0.29) is 36.7 Å². The lowest BCUT2D eigenvalue weighted by molar-refractivity contribution is -0.137. The zero-order valence-corrected chi connectivity index (χ0v) is 10.3. The Morgan fingerprint density at radius 1 is 1.45 bits per heavy atom. The van der Waals surface area contributed by atoms with E-state index in [4.69, 9.17) is 10.4 Å². The van der Waals surface area contributed by atoms with Gasteiger partial charge in [0.1, 0.15) is 0 Å². The zero-order chi connectivity index (χ0) is 14.9. The molecule has 4 nitrogen and oxygen atoms in total. The molecule has 1 heterocycles. The fourth-order valence-corrected chi connectivity index (χ4v) is 2.20. The minimum atomic E-state index is -4.65. The molecule has 1 atom stereocenters. The fraction of sp³-hybridized carbons (Fsp3) is 0.385. The van der Waals surface area contributed by atoms with Crippen molar-refractivity contribution in [2.24, 2.45) is 5.92 Å². The monoisotopic (exact) mass is 284 g/mol. The van der Waals surface area contributed by atoms with Gasteiger partial charge in [-0.1, -0.05) is 0 Å². The number of amides is 1. The number of alkyl halides is 3. The van der Waals surface area contributed by atoms with Crippen LogP contribution in [0.3, 0.4) is 0 Å². The average molecular weight is 284 g/mol. The van der Waals surface area contributed by atoms with Crippen LogP contribution in [-0.2, 0) is 11.0 Å². The Bertz CT molecular complexity index is 578. The van der Waals surface area contributed by atoms with Crippen LogP contribution < -0.4 is 4.90 Å². The Labute approximate surface area is 113 Å². The van der Waals surface area contributed by atoms with Crippen molar-refractivity contribution < 1.29 is 23.1 Å². The third kappa shape index (κ3) is 2.60. The molecule has 106 valence electrons. The second-order valence-corrected chi connectivity index (χ2v) is 4.60. The predicted octanol–water partition coefficient (Wildman–Crippen LogP) is 1.92. The highest BCUT2D eigenvalue weighted by molar-refractivity contribution is 5.96. The number of carbonyl (C=O) groups is 1. The van der Waals surface area contributed by atoms with E-state index in [2.05, 4.69) is 0 Å². The van der Waals surface area contributed by atoms with Crippen molar-refractivity contribution in [3.8, 4) is 6.07 Å². The van der Waals surface area contributed by atoms with Crippen molar-refractivity contribution in [2.75, 3.05) is 18.1 Å². The molecule has 20 heavy (non-hydrogen) atoms. The minimum absolute atomic E-state index is 0.0216. The van der Waals surface area contributed by atoms with Gasteiger partial charge in [-0.3, -0.25) is 4.79 Å². The number of rotatable bonds is 2. The molecule has 1 saturated heterocycles. The molecule has 1 aromatic rings. The van der Waals surface area contributed by atoms with Crippen molar-refractivity contribution in [3.63, 3.8) is 0 Å². The molecule has 7 heteroatoms. The maximum atomic E-state index is 13.0. The lowest BCUT2D eigenvalue weighted by Crippen LogP contribution is -2.27. The van der Waals surface area contributed by atoms with E-state index >= 15 is 0 Å². The normalized spacial score (nSPS) is 19.2. The van der Waals surface area contributed by atoms with Crippen molar-refractivity contribution in [2.45, 2.75) is 12.6 Å². The maximum Gasteiger partial charge on any atom is 0.418 e. The second-order valence-electron chi connectivity index (χ2n) is 4.60. The second kappa shape index (κ2) is 5.13. The predicted molar refractivity (Wildman–Crippen MR) is 63.7 cm³/mol. The number of carbonyl (C=O) groups excluding carboxylic acids is 1. The Morgan fingerprint density at radius 2 is 2.15 bits per heavy atom. The first-order valence-corrected chi connectivity index (χ1v) is 5.89. The molecule has 0 radical (unpaired) electrons. The summed E-state index contributed by atoms with van der Waals surface area (Å²) < 4.78 is 39.1. The molecule has 1 aliphatic heterocycles. The van der Waals surface area contributed by atoms with Gasteiger partial charge in [0.05, 0.1) is 22.9 Å². The average Bonchev–Trinajstić information content (AvgIpc) is 2.78. The number of aliphatic hydroxyl groups is 1. The van der Waals surface area contributed by atoms with E-state index in [9.17, 15) is 18.0 Å². The quantitative estimate of drug-likeness (QED) is 0.902. The Balaban J connectivity index is 2.47. The van der Waals surface area contributed by atoms with Gasteiger partial charge in [0.2, 0.25) is 5.91 Å². The molecular weight excluding hydrogens is 273 g/mol. The summed E-state index contributed by atoms with van der Waals surface area (Å²) in [5, 5.41) is 17.7. The van der Waals surface area contributed by atoms with E-state index < -0.39 is 17.6 Å². The fourth-order valence-electron chi connectivity index (χ4n) is 2.20. The molecule has 2 rings (SSSR count). The molecule has 1 N–H and O–H groups in total. The molecule has 0 saturated carbocycles. The first-order valence-electron chi connectivity index (χ1n) is 5.89. The lowest BCUT2D eigenvalue weighted by atomic mass is 10.1. The molecule has 1 fully saturated rings. The van der Waals surface area contributed by atoms with Crippen LogP contribution in [0.15, 0.2) is 18.2 Å². The molecule has 1 unspecified atom stereocenters. The van der Waals surface area contributed by atoms with Crippen LogP contribution in [0.5, 0.6) is 0 Å². The van der Waals surface area contributed by atoms with E-state index in [1.54, 1.807) is 6.07 Å². The van der Waals surface area contributed by atoms with Crippen molar-refractivity contribution in [3.05, 3.63) is 29.3 Å². The van der Waals surface area contributed by atoms with Gasteiger partial charge in [0.25, 0.3) is 0 Å². The number of aliphatic hydroxyl groups excluding tert-OH is 1. The standard InChI is InChI=1S/C13H11F3N2O2/c14-13(15,16)10-3-8(5-17)1-2-11(10)18-6-9(7-19)4-12(18)20/h1-3,9,19H,4,6-7H2. The smallest absolute Gasteiger partial charge is 0.396 e. The zero-order valence-electron chi connectivity index (χ0n) is 10.3. The number of nitriles is 1. The highest BCUT2D eigenvalue weighted by Gasteiger charge is 2.39. The third-order valence-corrected chi connectivity index (χ3v) is 3.19. The van der Waals surface area contributed by atoms with Gasteiger partial charge < -0.3 is 10.0 Å². The summed E-state index contributed by atoms with van der Waals surface area (Å²) in [5.74, 6) is -0.821. The molecule has 0 spiro atoms. The number of hydrogen-bond donors (Lipinski definition) is 1. The highest BCUT2D eigenvalue weighted by atomic mass is 19.4. The van der Waals surface area contributed by atoms with E-state index in [1.807, 2.05) is 0 Å². The SMILES string of the molecule is N#Cc1ccc(N2CC(CO)CC2=O)c(C(F)(F)F)c1. The van der Waals surface area contributed by atoms with E-state index in [0.717, 1.165) is 17.0 Å². The first kappa shape index (κ1) is 14.3. The topological polar surface area (TPSA) is 64.3 Å². The van der Waals surface area contributed by atoms with Crippen molar-refractivity contribution >= 4 is 11.6 Å². The number of benzene rings is 1. The number of anilines is 1. The summed E-state index contributed by atoms with van der Waals surface area (Å²) in [4.78, 5) is 12.8. The van der Waals surface area contributed by atoms with Crippen LogP contribution in [0.25, 0.3) is 0 Å². The van der Waals surface area contributed by atoms with Gasteiger partial charge in [0.15, 0.2) is 0 Å². The summed E-state index contributed by atoms with van der Waals surface area (Å²) in [7, 11) is 0. The molecule has 0 aromatic heterocycles. The van der Waals surface area contributed by atoms with Crippen molar-refractivity contribution in [1.29, 1.82) is 5.26 Å². The van der Waals surface area contributed by atoms with Crippen LogP contribution in [0.1, 0.15) is 17.5 Å². The van der Waals surface area contributed by atoms with E-state index in [1.165, 1.54) is 6.07 Å². The maximum absolute atomic E-state index is 13.0.